The normalized spacial score (nSPS) is 14.1. The highest BCUT2D eigenvalue weighted by atomic mass is 16.1. The third-order valence-electron chi connectivity index (χ3n) is 3.60. The lowest BCUT2D eigenvalue weighted by Gasteiger charge is -2.15. The molecule has 2 heterocycles. The van der Waals surface area contributed by atoms with Crippen LogP contribution in [0.15, 0.2) is 54.6 Å². The summed E-state index contributed by atoms with van der Waals surface area (Å²) in [6, 6.07) is 18.0. The summed E-state index contributed by atoms with van der Waals surface area (Å²) < 4.78 is 0. The zero-order valence-corrected chi connectivity index (χ0v) is 10.3. The quantitative estimate of drug-likeness (QED) is 0.715. The monoisotopic (exact) mass is 248 g/mol. The zero-order valence-electron chi connectivity index (χ0n) is 10.3. The molecule has 0 radical (unpaired) electrons. The molecule has 0 aliphatic carbocycles. The van der Waals surface area contributed by atoms with Gasteiger partial charge in [-0.2, -0.15) is 0 Å². The number of nitrogens with zero attached hydrogens (tertiary/aromatic N) is 1. The Morgan fingerprint density at radius 2 is 1.79 bits per heavy atom. The summed E-state index contributed by atoms with van der Waals surface area (Å²) in [6.45, 7) is 0.409. The molecule has 0 bridgehead atoms. The fraction of sp³-hybridized carbons (Fsp3) is 0.0625. The van der Waals surface area contributed by atoms with Crippen LogP contribution in [0.3, 0.4) is 0 Å². The van der Waals surface area contributed by atoms with Gasteiger partial charge >= 0.3 is 0 Å². The van der Waals surface area contributed by atoms with E-state index in [-0.39, 0.29) is 5.78 Å². The highest BCUT2D eigenvalue weighted by Gasteiger charge is 2.27. The lowest BCUT2D eigenvalue weighted by Crippen LogP contribution is -2.16. The number of carbonyl (C=O) groups is 1. The molecule has 3 nitrogen and oxygen atoms in total. The number of anilines is 2. The van der Waals surface area contributed by atoms with E-state index in [1.807, 2.05) is 47.4 Å². The standard InChI is InChI=1S/C16H12N2O/c19-15-10-18(14-8-4-2-6-12(14)15)16-9-11-5-1-3-7-13(11)17-16/h1-9,17H,10H2. The van der Waals surface area contributed by atoms with Crippen molar-refractivity contribution in [2.24, 2.45) is 0 Å². The first-order chi connectivity index (χ1) is 9.33. The molecule has 1 aliphatic rings. The minimum atomic E-state index is 0.175. The van der Waals surface area contributed by atoms with E-state index in [9.17, 15) is 4.79 Å². The van der Waals surface area contributed by atoms with Crippen molar-refractivity contribution in [1.82, 2.24) is 4.98 Å². The van der Waals surface area contributed by atoms with Crippen LogP contribution in [-0.4, -0.2) is 17.3 Å². The molecule has 0 unspecified atom stereocenters. The molecule has 0 spiro atoms. The van der Waals surface area contributed by atoms with Gasteiger partial charge in [0, 0.05) is 16.5 Å². The van der Waals surface area contributed by atoms with Gasteiger partial charge in [-0.05, 0) is 24.3 Å². The van der Waals surface area contributed by atoms with E-state index in [0.29, 0.717) is 6.54 Å². The fourth-order valence-electron chi connectivity index (χ4n) is 2.68. The molecule has 2 aromatic carbocycles. The van der Waals surface area contributed by atoms with Crippen molar-refractivity contribution in [3.63, 3.8) is 0 Å². The predicted molar refractivity (Wildman–Crippen MR) is 76.1 cm³/mol. The van der Waals surface area contributed by atoms with Gasteiger partial charge in [0.2, 0.25) is 0 Å². The Labute approximate surface area is 110 Å². The second kappa shape index (κ2) is 3.72. The summed E-state index contributed by atoms with van der Waals surface area (Å²) in [5.74, 6) is 1.15. The van der Waals surface area contributed by atoms with Crippen molar-refractivity contribution in [2.75, 3.05) is 11.4 Å². The Balaban J connectivity index is 1.88. The Kier molecular flexibility index (Phi) is 2.03. The van der Waals surface area contributed by atoms with Gasteiger partial charge in [0.15, 0.2) is 5.78 Å². The summed E-state index contributed by atoms with van der Waals surface area (Å²) in [5.41, 5.74) is 2.88. The van der Waals surface area contributed by atoms with Crippen molar-refractivity contribution in [2.45, 2.75) is 0 Å². The van der Waals surface area contributed by atoms with E-state index in [1.54, 1.807) is 0 Å². The maximum absolute atomic E-state index is 12.0. The molecule has 0 amide bonds. The molecular weight excluding hydrogens is 236 g/mol. The third kappa shape index (κ3) is 1.48. The molecule has 92 valence electrons. The Bertz CT molecular complexity index is 755. The second-order valence-electron chi connectivity index (χ2n) is 4.77. The maximum atomic E-state index is 12.0. The summed E-state index contributed by atoms with van der Waals surface area (Å²) in [7, 11) is 0. The highest BCUT2D eigenvalue weighted by Crippen LogP contribution is 2.35. The summed E-state index contributed by atoms with van der Waals surface area (Å²) in [6.07, 6.45) is 0. The molecule has 0 fully saturated rings. The SMILES string of the molecule is O=C1CN(c2cc3ccccc3[nH]2)c2ccccc21. The van der Waals surface area contributed by atoms with Crippen LogP contribution in [0.5, 0.6) is 0 Å². The lowest BCUT2D eigenvalue weighted by atomic mass is 10.1. The van der Waals surface area contributed by atoms with Crippen LogP contribution in [0, 0.1) is 0 Å². The Morgan fingerprint density at radius 3 is 2.68 bits per heavy atom. The van der Waals surface area contributed by atoms with Crippen LogP contribution in [-0.2, 0) is 0 Å². The van der Waals surface area contributed by atoms with Crippen molar-refractivity contribution in [3.05, 3.63) is 60.2 Å². The lowest BCUT2D eigenvalue weighted by molar-refractivity contribution is 0.101. The number of aromatic nitrogens is 1. The van der Waals surface area contributed by atoms with Crippen LogP contribution < -0.4 is 4.90 Å². The molecule has 3 heteroatoms. The Morgan fingerprint density at radius 1 is 1.00 bits per heavy atom. The molecule has 4 rings (SSSR count). The van der Waals surface area contributed by atoms with E-state index in [0.717, 1.165) is 28.0 Å². The number of H-pyrrole nitrogens is 1. The van der Waals surface area contributed by atoms with Crippen LogP contribution in [0.1, 0.15) is 10.4 Å². The minimum absolute atomic E-state index is 0.175. The minimum Gasteiger partial charge on any atom is -0.341 e. The molecule has 1 aromatic heterocycles. The topological polar surface area (TPSA) is 36.1 Å². The molecule has 1 N–H and O–H groups in total. The number of fused-ring (bicyclic) bond motifs is 2. The average Bonchev–Trinajstić information content (AvgIpc) is 3.01. The van der Waals surface area contributed by atoms with E-state index < -0.39 is 0 Å². The molecule has 0 saturated carbocycles. The number of hydrogen-bond donors (Lipinski definition) is 1. The zero-order chi connectivity index (χ0) is 12.8. The van der Waals surface area contributed by atoms with Gasteiger partial charge in [-0.3, -0.25) is 4.79 Å². The van der Waals surface area contributed by atoms with Crippen molar-refractivity contribution < 1.29 is 4.79 Å². The van der Waals surface area contributed by atoms with Crippen LogP contribution in [0.25, 0.3) is 10.9 Å². The maximum Gasteiger partial charge on any atom is 0.184 e. The summed E-state index contributed by atoms with van der Waals surface area (Å²) in [5, 5.41) is 1.16. The average molecular weight is 248 g/mol. The number of benzene rings is 2. The van der Waals surface area contributed by atoms with E-state index in [4.69, 9.17) is 0 Å². The molecule has 0 atom stereocenters. The number of hydrogen-bond acceptors (Lipinski definition) is 2. The molecule has 19 heavy (non-hydrogen) atoms. The number of rotatable bonds is 1. The third-order valence-corrected chi connectivity index (χ3v) is 3.60. The number of carbonyl (C=O) groups excluding carboxylic acids is 1. The van der Waals surface area contributed by atoms with Crippen LogP contribution in [0.4, 0.5) is 11.5 Å². The number of ketones is 1. The highest BCUT2D eigenvalue weighted by molar-refractivity contribution is 6.10. The smallest absolute Gasteiger partial charge is 0.184 e. The van der Waals surface area contributed by atoms with E-state index >= 15 is 0 Å². The summed E-state index contributed by atoms with van der Waals surface area (Å²) >= 11 is 0. The van der Waals surface area contributed by atoms with Crippen LogP contribution in [0.2, 0.25) is 0 Å². The number of Topliss-reactive ketones (excluding diaryl/α,β-unsaturated/α-hetero) is 1. The van der Waals surface area contributed by atoms with Crippen molar-refractivity contribution >= 4 is 28.2 Å². The number of nitrogens with one attached hydrogen (secondary N) is 1. The van der Waals surface area contributed by atoms with Gasteiger partial charge in [0.05, 0.1) is 12.2 Å². The molecular formula is C16H12N2O. The largest absolute Gasteiger partial charge is 0.341 e. The first-order valence-corrected chi connectivity index (χ1v) is 6.30. The Hall–Kier alpha value is -2.55. The van der Waals surface area contributed by atoms with E-state index in [1.165, 1.54) is 0 Å². The predicted octanol–water partition coefficient (Wildman–Crippen LogP) is 3.50. The van der Waals surface area contributed by atoms with Gasteiger partial charge in [-0.15, -0.1) is 0 Å². The second-order valence-corrected chi connectivity index (χ2v) is 4.77. The molecule has 3 aromatic rings. The molecule has 1 aliphatic heterocycles. The van der Waals surface area contributed by atoms with Gasteiger partial charge in [0.25, 0.3) is 0 Å². The van der Waals surface area contributed by atoms with Gasteiger partial charge in [-0.25, -0.2) is 0 Å². The molecule has 0 saturated heterocycles. The van der Waals surface area contributed by atoms with Crippen molar-refractivity contribution in [3.8, 4) is 0 Å². The first kappa shape index (κ1) is 10.4. The summed E-state index contributed by atoms with van der Waals surface area (Å²) in [4.78, 5) is 17.4. The van der Waals surface area contributed by atoms with Gasteiger partial charge in [-0.1, -0.05) is 30.3 Å². The number of para-hydroxylation sites is 2. The number of aromatic amines is 1. The van der Waals surface area contributed by atoms with Gasteiger partial charge in [0.1, 0.15) is 5.82 Å². The van der Waals surface area contributed by atoms with Crippen molar-refractivity contribution in [1.29, 1.82) is 0 Å². The fourth-order valence-corrected chi connectivity index (χ4v) is 2.68. The van der Waals surface area contributed by atoms with E-state index in [2.05, 4.69) is 17.1 Å². The first-order valence-electron chi connectivity index (χ1n) is 6.30. The van der Waals surface area contributed by atoms with Crippen LogP contribution >= 0.6 is 0 Å². The van der Waals surface area contributed by atoms with Gasteiger partial charge < -0.3 is 9.88 Å².